The third-order valence-electron chi connectivity index (χ3n) is 6.02. The quantitative estimate of drug-likeness (QED) is 0.522. The first-order chi connectivity index (χ1) is 16.3. The summed E-state index contributed by atoms with van der Waals surface area (Å²) in [5.41, 5.74) is 4.52. The first kappa shape index (κ1) is 24.5. The molecule has 0 bridgehead atoms. The summed E-state index contributed by atoms with van der Waals surface area (Å²) in [4.78, 5) is 19.8. The molecule has 1 aliphatic heterocycles. The molecular weight excluding hydrogens is 468 g/mol. The second kappa shape index (κ2) is 10.4. The molecule has 0 saturated carbocycles. The van der Waals surface area contributed by atoms with Crippen LogP contribution in [0, 0.1) is 13.8 Å². The number of hydrogen-bond donors (Lipinski definition) is 1. The van der Waals surface area contributed by atoms with Crippen molar-refractivity contribution in [2.45, 2.75) is 32.1 Å². The fourth-order valence-corrected chi connectivity index (χ4v) is 6.20. The largest absolute Gasteiger partial charge is 0.301 e. The molecule has 7 nitrogen and oxygen atoms in total. The highest BCUT2D eigenvalue weighted by Gasteiger charge is 2.28. The summed E-state index contributed by atoms with van der Waals surface area (Å²) in [6, 6.07) is 12.3. The zero-order valence-electron chi connectivity index (χ0n) is 19.7. The monoisotopic (exact) mass is 498 g/mol. The van der Waals surface area contributed by atoms with Gasteiger partial charge in [-0.2, -0.15) is 4.31 Å². The number of carbonyl (C=O) groups is 1. The Hall–Kier alpha value is -2.59. The number of rotatable bonds is 7. The highest BCUT2D eigenvalue weighted by Crippen LogP contribution is 2.28. The van der Waals surface area contributed by atoms with E-state index in [0.717, 1.165) is 48.4 Å². The van der Waals surface area contributed by atoms with E-state index in [9.17, 15) is 13.2 Å². The van der Waals surface area contributed by atoms with E-state index >= 15 is 0 Å². The summed E-state index contributed by atoms with van der Waals surface area (Å²) < 4.78 is 27.5. The second-order valence-electron chi connectivity index (χ2n) is 8.58. The SMILES string of the molecule is CCCN1CCN(S(=O)(=O)c2ccc(C(=O)Nc3nc(-c4cc(C)ccc4C)cs3)cc2)CC1. The van der Waals surface area contributed by atoms with Gasteiger partial charge in [0, 0.05) is 42.7 Å². The molecule has 0 aliphatic carbocycles. The van der Waals surface area contributed by atoms with E-state index in [1.165, 1.54) is 27.8 Å². The minimum absolute atomic E-state index is 0.208. The summed E-state index contributed by atoms with van der Waals surface area (Å²) in [6.45, 7) is 9.63. The Bertz CT molecular complexity index is 1260. The molecule has 3 aromatic rings. The first-order valence-corrected chi connectivity index (χ1v) is 13.8. The molecule has 2 heterocycles. The van der Waals surface area contributed by atoms with Gasteiger partial charge in [-0.3, -0.25) is 10.1 Å². The van der Waals surface area contributed by atoms with Gasteiger partial charge in [0.25, 0.3) is 5.91 Å². The molecule has 0 atom stereocenters. The number of hydrogen-bond acceptors (Lipinski definition) is 6. The van der Waals surface area contributed by atoms with Gasteiger partial charge in [0.05, 0.1) is 10.6 Å². The lowest BCUT2D eigenvalue weighted by molar-refractivity contribution is 0.102. The average molecular weight is 499 g/mol. The number of nitrogens with zero attached hydrogens (tertiary/aromatic N) is 3. The van der Waals surface area contributed by atoms with Crippen LogP contribution in [0.15, 0.2) is 52.7 Å². The van der Waals surface area contributed by atoms with Crippen LogP contribution in [0.25, 0.3) is 11.3 Å². The third-order valence-corrected chi connectivity index (χ3v) is 8.69. The van der Waals surface area contributed by atoms with Gasteiger partial charge in [-0.25, -0.2) is 13.4 Å². The summed E-state index contributed by atoms with van der Waals surface area (Å²) in [7, 11) is -3.57. The lowest BCUT2D eigenvalue weighted by Crippen LogP contribution is -2.48. The molecule has 0 radical (unpaired) electrons. The van der Waals surface area contributed by atoms with Crippen molar-refractivity contribution in [2.24, 2.45) is 0 Å². The standard InChI is InChI=1S/C25H30N4O3S2/c1-4-11-28-12-14-29(15-13-28)34(31,32)21-9-7-20(8-10-21)24(30)27-25-26-23(17-33-25)22-16-18(2)5-6-19(22)3/h5-10,16-17H,4,11-15H2,1-3H3,(H,26,27,30). The van der Waals surface area contributed by atoms with Crippen LogP contribution in [0.3, 0.4) is 0 Å². The van der Waals surface area contributed by atoms with Crippen LogP contribution in [0.2, 0.25) is 0 Å². The molecule has 1 fully saturated rings. The molecular formula is C25H30N4O3S2. The molecule has 1 aromatic heterocycles. The smallest absolute Gasteiger partial charge is 0.257 e. The van der Waals surface area contributed by atoms with Crippen molar-refractivity contribution in [1.29, 1.82) is 0 Å². The van der Waals surface area contributed by atoms with Crippen molar-refractivity contribution in [3.8, 4) is 11.3 Å². The van der Waals surface area contributed by atoms with E-state index in [1.807, 2.05) is 19.2 Å². The van der Waals surface area contributed by atoms with Crippen LogP contribution >= 0.6 is 11.3 Å². The highest BCUT2D eigenvalue weighted by atomic mass is 32.2. The van der Waals surface area contributed by atoms with Crippen LogP contribution in [-0.4, -0.2) is 61.2 Å². The third kappa shape index (κ3) is 5.38. The molecule has 0 unspecified atom stereocenters. The predicted octanol–water partition coefficient (Wildman–Crippen LogP) is 4.40. The summed E-state index contributed by atoms with van der Waals surface area (Å²) in [6.07, 6.45) is 1.06. The number of nitrogens with one attached hydrogen (secondary N) is 1. The number of benzene rings is 2. The molecule has 34 heavy (non-hydrogen) atoms. The second-order valence-corrected chi connectivity index (χ2v) is 11.4. The van der Waals surface area contributed by atoms with Crippen LogP contribution in [-0.2, 0) is 10.0 Å². The Morgan fingerprint density at radius 2 is 1.76 bits per heavy atom. The van der Waals surface area contributed by atoms with E-state index in [0.29, 0.717) is 23.8 Å². The number of aryl methyl sites for hydroxylation is 2. The van der Waals surface area contributed by atoms with Crippen molar-refractivity contribution in [3.05, 3.63) is 64.5 Å². The van der Waals surface area contributed by atoms with Gasteiger partial charge < -0.3 is 4.90 Å². The van der Waals surface area contributed by atoms with Gasteiger partial charge in [-0.15, -0.1) is 11.3 Å². The number of thiazole rings is 1. The van der Waals surface area contributed by atoms with Gasteiger partial charge in [0.2, 0.25) is 10.0 Å². The molecule has 4 rings (SSSR count). The predicted molar refractivity (Wildman–Crippen MR) is 137 cm³/mol. The number of sulfonamides is 1. The van der Waals surface area contributed by atoms with E-state index in [-0.39, 0.29) is 10.8 Å². The topological polar surface area (TPSA) is 82.6 Å². The van der Waals surface area contributed by atoms with Crippen molar-refractivity contribution < 1.29 is 13.2 Å². The van der Waals surface area contributed by atoms with E-state index in [2.05, 4.69) is 40.3 Å². The Morgan fingerprint density at radius 1 is 1.06 bits per heavy atom. The minimum Gasteiger partial charge on any atom is -0.301 e. The fourth-order valence-electron chi connectivity index (χ4n) is 4.07. The number of anilines is 1. The number of aromatic nitrogens is 1. The Morgan fingerprint density at radius 3 is 2.44 bits per heavy atom. The molecule has 9 heteroatoms. The van der Waals surface area contributed by atoms with Crippen LogP contribution in [0.1, 0.15) is 34.8 Å². The molecule has 1 amide bonds. The summed E-state index contributed by atoms with van der Waals surface area (Å²) in [5, 5.41) is 5.25. The maximum absolute atomic E-state index is 13.0. The summed E-state index contributed by atoms with van der Waals surface area (Å²) in [5.74, 6) is -0.320. The zero-order valence-corrected chi connectivity index (χ0v) is 21.4. The maximum Gasteiger partial charge on any atom is 0.257 e. The average Bonchev–Trinajstić information content (AvgIpc) is 3.29. The molecule has 1 N–H and O–H groups in total. The summed E-state index contributed by atoms with van der Waals surface area (Å²) >= 11 is 1.36. The zero-order chi connectivity index (χ0) is 24.3. The molecule has 180 valence electrons. The van der Waals surface area contributed by atoms with Crippen LogP contribution in [0.5, 0.6) is 0 Å². The maximum atomic E-state index is 13.0. The molecule has 2 aromatic carbocycles. The van der Waals surface area contributed by atoms with Gasteiger partial charge in [0.1, 0.15) is 0 Å². The van der Waals surface area contributed by atoms with Crippen molar-refractivity contribution in [3.63, 3.8) is 0 Å². The van der Waals surface area contributed by atoms with Gasteiger partial charge >= 0.3 is 0 Å². The molecule has 1 saturated heterocycles. The molecule has 0 spiro atoms. The number of amides is 1. The van der Waals surface area contributed by atoms with E-state index < -0.39 is 10.0 Å². The lowest BCUT2D eigenvalue weighted by atomic mass is 10.0. The Balaban J connectivity index is 1.42. The van der Waals surface area contributed by atoms with Crippen molar-refractivity contribution >= 4 is 32.4 Å². The first-order valence-electron chi connectivity index (χ1n) is 11.4. The highest BCUT2D eigenvalue weighted by molar-refractivity contribution is 7.89. The minimum atomic E-state index is -3.57. The van der Waals surface area contributed by atoms with Crippen LogP contribution < -0.4 is 5.32 Å². The van der Waals surface area contributed by atoms with Gasteiger partial charge in [-0.1, -0.05) is 24.6 Å². The van der Waals surface area contributed by atoms with Crippen molar-refractivity contribution in [2.75, 3.05) is 38.0 Å². The Labute approximate surface area is 205 Å². The van der Waals surface area contributed by atoms with Gasteiger partial charge in [0.15, 0.2) is 5.13 Å². The van der Waals surface area contributed by atoms with E-state index in [1.54, 1.807) is 12.1 Å². The Kier molecular flexibility index (Phi) is 7.47. The number of carbonyl (C=O) groups excluding carboxylic acids is 1. The normalized spacial score (nSPS) is 15.4. The van der Waals surface area contributed by atoms with Crippen LogP contribution in [0.4, 0.5) is 5.13 Å². The van der Waals surface area contributed by atoms with Crippen molar-refractivity contribution in [1.82, 2.24) is 14.2 Å². The number of piperazine rings is 1. The lowest BCUT2D eigenvalue weighted by Gasteiger charge is -2.33. The molecule has 1 aliphatic rings. The van der Waals surface area contributed by atoms with Gasteiger partial charge in [-0.05, 0) is 62.7 Å². The fraction of sp³-hybridized carbons (Fsp3) is 0.360. The van der Waals surface area contributed by atoms with E-state index in [4.69, 9.17) is 0 Å².